The first-order valence-corrected chi connectivity index (χ1v) is 6.36. The first kappa shape index (κ1) is 11.8. The molecular formula is C11H8Cl2FNS. The fourth-order valence-electron chi connectivity index (χ4n) is 1.34. The van der Waals surface area contributed by atoms with E-state index in [0.717, 1.165) is 9.88 Å². The van der Waals surface area contributed by atoms with E-state index in [9.17, 15) is 4.39 Å². The summed E-state index contributed by atoms with van der Waals surface area (Å²) in [5.41, 5.74) is 0.558. The lowest BCUT2D eigenvalue weighted by Crippen LogP contribution is -1.92. The molecule has 0 amide bonds. The largest absolute Gasteiger partial charge is 0.249 e. The minimum atomic E-state index is -0.369. The van der Waals surface area contributed by atoms with Gasteiger partial charge >= 0.3 is 0 Å². The molecule has 1 aromatic carbocycles. The normalized spacial score (nSPS) is 10.7. The van der Waals surface area contributed by atoms with Gasteiger partial charge in [-0.3, -0.25) is 0 Å². The van der Waals surface area contributed by atoms with E-state index in [-0.39, 0.29) is 10.8 Å². The summed E-state index contributed by atoms with van der Waals surface area (Å²) in [4.78, 5) is 5.16. The van der Waals surface area contributed by atoms with Crippen molar-refractivity contribution in [2.45, 2.75) is 12.3 Å². The Hall–Kier alpha value is -0.640. The van der Waals surface area contributed by atoms with Gasteiger partial charge in [0.25, 0.3) is 0 Å². The average Bonchev–Trinajstić information content (AvgIpc) is 2.73. The van der Waals surface area contributed by atoms with Gasteiger partial charge in [0.1, 0.15) is 5.82 Å². The van der Waals surface area contributed by atoms with Crippen LogP contribution in [0, 0.1) is 5.82 Å². The number of nitrogens with zero attached hydrogens (tertiary/aromatic N) is 1. The Morgan fingerprint density at radius 3 is 2.88 bits per heavy atom. The van der Waals surface area contributed by atoms with E-state index >= 15 is 0 Å². The molecule has 84 valence electrons. The van der Waals surface area contributed by atoms with Crippen molar-refractivity contribution in [3.8, 4) is 0 Å². The van der Waals surface area contributed by atoms with Crippen LogP contribution >= 0.6 is 34.5 Å². The van der Waals surface area contributed by atoms with E-state index in [1.165, 1.54) is 17.4 Å². The maximum absolute atomic E-state index is 13.6. The monoisotopic (exact) mass is 275 g/mol. The van der Waals surface area contributed by atoms with Gasteiger partial charge in [0, 0.05) is 17.5 Å². The van der Waals surface area contributed by atoms with Crippen LogP contribution in [0.4, 0.5) is 4.39 Å². The fourth-order valence-corrected chi connectivity index (χ4v) is 2.56. The maximum Gasteiger partial charge on any atom is 0.145 e. The molecule has 0 saturated carbocycles. The van der Waals surface area contributed by atoms with Crippen LogP contribution in [0.2, 0.25) is 5.02 Å². The Balaban J connectivity index is 2.23. The van der Waals surface area contributed by atoms with Crippen LogP contribution in [-0.4, -0.2) is 4.98 Å². The highest BCUT2D eigenvalue weighted by molar-refractivity contribution is 7.11. The molecule has 2 rings (SSSR count). The minimum absolute atomic E-state index is 0.145. The number of hydrogen-bond donors (Lipinski definition) is 0. The molecule has 2 aromatic rings. The molecule has 0 aliphatic rings. The highest BCUT2D eigenvalue weighted by Crippen LogP contribution is 2.23. The van der Waals surface area contributed by atoms with E-state index in [4.69, 9.17) is 23.2 Å². The summed E-state index contributed by atoms with van der Waals surface area (Å²) >= 11 is 12.9. The third-order valence-corrected chi connectivity index (χ3v) is 3.84. The van der Waals surface area contributed by atoms with E-state index in [2.05, 4.69) is 4.98 Å². The van der Waals surface area contributed by atoms with Crippen LogP contribution in [0.5, 0.6) is 0 Å². The van der Waals surface area contributed by atoms with Crippen molar-refractivity contribution in [1.82, 2.24) is 4.98 Å². The minimum Gasteiger partial charge on any atom is -0.249 e. The van der Waals surface area contributed by atoms with Gasteiger partial charge in [-0.2, -0.15) is 0 Å². The van der Waals surface area contributed by atoms with E-state index < -0.39 is 0 Å². The van der Waals surface area contributed by atoms with Gasteiger partial charge in [-0.25, -0.2) is 9.37 Å². The Morgan fingerprint density at radius 1 is 1.38 bits per heavy atom. The molecule has 1 heterocycles. The van der Waals surface area contributed by atoms with Gasteiger partial charge in [-0.1, -0.05) is 23.7 Å². The molecule has 1 nitrogen and oxygen atoms in total. The Morgan fingerprint density at radius 2 is 2.19 bits per heavy atom. The van der Waals surface area contributed by atoms with Gasteiger partial charge in [0.15, 0.2) is 0 Å². The van der Waals surface area contributed by atoms with Gasteiger partial charge in [-0.15, -0.1) is 22.9 Å². The molecular weight excluding hydrogens is 268 g/mol. The molecule has 0 radical (unpaired) electrons. The first-order chi connectivity index (χ1) is 7.70. The third kappa shape index (κ3) is 2.54. The van der Waals surface area contributed by atoms with Gasteiger partial charge in [0.05, 0.1) is 15.9 Å². The molecule has 0 bridgehead atoms. The topological polar surface area (TPSA) is 12.9 Å². The standard InChI is InChI=1S/C11H8Cl2FNS/c12-5-8-6-15-10(16-8)4-7-2-1-3-9(13)11(7)14/h1-3,6H,4-5H2. The molecule has 0 unspecified atom stereocenters. The van der Waals surface area contributed by atoms with Crippen LogP contribution in [0.15, 0.2) is 24.4 Å². The summed E-state index contributed by atoms with van der Waals surface area (Å²) < 4.78 is 13.6. The molecule has 0 aliphatic carbocycles. The molecule has 0 fully saturated rings. The summed E-state index contributed by atoms with van der Waals surface area (Å²) in [6.45, 7) is 0. The molecule has 0 aliphatic heterocycles. The van der Waals surface area contributed by atoms with Crippen molar-refractivity contribution in [1.29, 1.82) is 0 Å². The molecule has 0 N–H and O–H groups in total. The molecule has 5 heteroatoms. The molecule has 0 saturated heterocycles. The lowest BCUT2D eigenvalue weighted by molar-refractivity contribution is 0.614. The van der Waals surface area contributed by atoms with Crippen molar-refractivity contribution in [2.24, 2.45) is 0 Å². The second kappa shape index (κ2) is 5.13. The molecule has 16 heavy (non-hydrogen) atoms. The number of aromatic nitrogens is 1. The number of rotatable bonds is 3. The van der Waals surface area contributed by atoms with Crippen LogP contribution in [0.25, 0.3) is 0 Å². The highest BCUT2D eigenvalue weighted by atomic mass is 35.5. The average molecular weight is 276 g/mol. The van der Waals surface area contributed by atoms with Crippen molar-refractivity contribution in [2.75, 3.05) is 0 Å². The highest BCUT2D eigenvalue weighted by Gasteiger charge is 2.09. The zero-order valence-electron chi connectivity index (χ0n) is 8.21. The van der Waals surface area contributed by atoms with Crippen molar-refractivity contribution < 1.29 is 4.39 Å². The Labute approximate surface area is 107 Å². The quantitative estimate of drug-likeness (QED) is 0.763. The first-order valence-electron chi connectivity index (χ1n) is 4.63. The maximum atomic E-state index is 13.6. The van der Waals surface area contributed by atoms with Gasteiger partial charge in [0.2, 0.25) is 0 Å². The van der Waals surface area contributed by atoms with Gasteiger partial charge < -0.3 is 0 Å². The molecule has 0 atom stereocenters. The van der Waals surface area contributed by atoms with Gasteiger partial charge in [-0.05, 0) is 11.6 Å². The Bertz CT molecular complexity index is 498. The summed E-state index contributed by atoms with van der Waals surface area (Å²) in [5.74, 6) is 0.0715. The fraction of sp³-hybridized carbons (Fsp3) is 0.182. The Kier molecular flexibility index (Phi) is 3.79. The summed E-state index contributed by atoms with van der Waals surface area (Å²) in [7, 11) is 0. The van der Waals surface area contributed by atoms with Crippen LogP contribution in [0.3, 0.4) is 0 Å². The van der Waals surface area contributed by atoms with Crippen molar-refractivity contribution in [3.63, 3.8) is 0 Å². The van der Waals surface area contributed by atoms with Crippen molar-refractivity contribution >= 4 is 34.5 Å². The lowest BCUT2D eigenvalue weighted by atomic mass is 10.1. The van der Waals surface area contributed by atoms with Crippen LogP contribution < -0.4 is 0 Å². The predicted molar refractivity (Wildman–Crippen MR) is 65.9 cm³/mol. The molecule has 0 spiro atoms. The number of hydrogen-bond acceptors (Lipinski definition) is 2. The number of benzene rings is 1. The third-order valence-electron chi connectivity index (χ3n) is 2.11. The lowest BCUT2D eigenvalue weighted by Gasteiger charge is -2.01. The summed E-state index contributed by atoms with van der Waals surface area (Å²) in [6.07, 6.45) is 2.17. The number of halogens is 3. The van der Waals surface area contributed by atoms with E-state index in [0.29, 0.717) is 17.9 Å². The molecule has 1 aromatic heterocycles. The number of thiazole rings is 1. The van der Waals surface area contributed by atoms with E-state index in [1.54, 1.807) is 18.3 Å². The van der Waals surface area contributed by atoms with Crippen LogP contribution in [-0.2, 0) is 12.3 Å². The second-order valence-electron chi connectivity index (χ2n) is 3.24. The summed E-state index contributed by atoms with van der Waals surface area (Å²) in [5, 5.41) is 0.989. The van der Waals surface area contributed by atoms with E-state index in [1.807, 2.05) is 0 Å². The van der Waals surface area contributed by atoms with Crippen molar-refractivity contribution in [3.05, 3.63) is 50.7 Å². The number of alkyl halides is 1. The predicted octanol–water partition coefficient (Wildman–Crippen LogP) is 4.27. The van der Waals surface area contributed by atoms with Crippen LogP contribution in [0.1, 0.15) is 15.4 Å². The zero-order chi connectivity index (χ0) is 11.5. The second-order valence-corrected chi connectivity index (χ2v) is 5.12. The summed E-state index contributed by atoms with van der Waals surface area (Å²) in [6, 6.07) is 4.98. The smallest absolute Gasteiger partial charge is 0.145 e. The zero-order valence-corrected chi connectivity index (χ0v) is 10.5. The SMILES string of the molecule is Fc1c(Cl)cccc1Cc1ncc(CCl)s1.